The molecule has 1 aromatic rings. The van der Waals surface area contributed by atoms with Crippen LogP contribution in [0.15, 0.2) is 12.4 Å². The summed E-state index contributed by atoms with van der Waals surface area (Å²) in [5.74, 6) is -0.783. The Morgan fingerprint density at radius 1 is 0.880 bits per heavy atom. The molecule has 1 heterocycles. The predicted molar refractivity (Wildman–Crippen MR) is 91.2 cm³/mol. The Hall–Kier alpha value is -1.95. The van der Waals surface area contributed by atoms with Crippen LogP contribution in [0.4, 0.5) is 9.59 Å². The molecule has 0 saturated heterocycles. The fourth-order valence-electron chi connectivity index (χ4n) is 1.60. The van der Waals surface area contributed by atoms with Crippen LogP contribution in [0, 0.1) is 0 Å². The molecule has 0 unspecified atom stereocenters. The van der Waals surface area contributed by atoms with Gasteiger partial charge in [0.15, 0.2) is 0 Å². The van der Waals surface area contributed by atoms with Crippen LogP contribution in [-0.4, -0.2) is 58.4 Å². The zero-order valence-corrected chi connectivity index (χ0v) is 17.3. The van der Waals surface area contributed by atoms with Gasteiger partial charge >= 0.3 is 151 Å². The predicted octanol–water partition coefficient (Wildman–Crippen LogP) is 2.00. The van der Waals surface area contributed by atoms with Crippen LogP contribution in [0.3, 0.4) is 0 Å². The van der Waals surface area contributed by atoms with Crippen molar-refractivity contribution in [2.75, 3.05) is 7.11 Å². The van der Waals surface area contributed by atoms with Gasteiger partial charge in [-0.05, 0) is 0 Å². The molecule has 0 amide bonds. The summed E-state index contributed by atoms with van der Waals surface area (Å²) in [6, 6.07) is 0. The third-order valence-electron chi connectivity index (χ3n) is 2.42. The molecule has 138 valence electrons. The van der Waals surface area contributed by atoms with Gasteiger partial charge in [-0.2, -0.15) is 0 Å². The number of nitrogens with zero attached hydrogens (tertiary/aromatic N) is 2. The number of carbonyl (C=O) groups excluding carboxylic acids is 3. The van der Waals surface area contributed by atoms with E-state index in [-0.39, 0.29) is 10.2 Å². The van der Waals surface area contributed by atoms with E-state index in [2.05, 4.69) is 14.7 Å². The topological polar surface area (TPSA) is 105 Å². The Labute approximate surface area is 151 Å². The van der Waals surface area contributed by atoms with Gasteiger partial charge in [-0.15, -0.1) is 0 Å². The van der Waals surface area contributed by atoms with Crippen LogP contribution in [0.1, 0.15) is 52.0 Å². The number of aromatic nitrogens is 2. The van der Waals surface area contributed by atoms with Crippen molar-refractivity contribution in [1.82, 2.24) is 9.97 Å². The summed E-state index contributed by atoms with van der Waals surface area (Å²) < 4.78 is 13.9. The number of rotatable bonds is 4. The minimum atomic E-state index is -3.37. The fourth-order valence-corrected chi connectivity index (χ4v) is 5.31. The van der Waals surface area contributed by atoms with E-state index in [4.69, 9.17) is 9.47 Å². The number of ether oxygens (including phenoxy) is 3. The third kappa shape index (κ3) is 6.46. The Bertz CT molecular complexity index is 635. The molecular weight excluding hydrogens is 391 g/mol. The van der Waals surface area contributed by atoms with E-state index in [0.29, 0.717) is 0 Å². The van der Waals surface area contributed by atoms with E-state index >= 15 is 0 Å². The SMILES string of the molecule is COC(=O)c1nccnc1[As](C(=O)OC(C)(C)C)C(=O)OC(C)(C)C. The number of esters is 1. The molecular formula is C16H23AsN2O6. The van der Waals surface area contributed by atoms with Crippen molar-refractivity contribution < 1.29 is 28.6 Å². The minimum absolute atomic E-state index is 0.0228. The zero-order chi connectivity index (χ0) is 19.4. The van der Waals surface area contributed by atoms with Gasteiger partial charge in [-0.25, -0.2) is 0 Å². The van der Waals surface area contributed by atoms with Crippen LogP contribution >= 0.6 is 0 Å². The summed E-state index contributed by atoms with van der Waals surface area (Å²) >= 11 is -3.37. The molecule has 0 bridgehead atoms. The zero-order valence-electron chi connectivity index (χ0n) is 15.4. The average Bonchev–Trinajstić information content (AvgIpc) is 2.43. The monoisotopic (exact) mass is 414 g/mol. The summed E-state index contributed by atoms with van der Waals surface area (Å²) in [6.45, 7) is 10.1. The van der Waals surface area contributed by atoms with Crippen molar-refractivity contribution in [3.63, 3.8) is 0 Å². The normalized spacial score (nSPS) is 11.8. The van der Waals surface area contributed by atoms with Crippen molar-refractivity contribution in [3.8, 4) is 0 Å². The molecule has 0 aromatic carbocycles. The molecule has 0 atom stereocenters. The molecule has 1 aromatic heterocycles. The standard InChI is InChI=1S/C16H23AsN2O6/c1-15(2,3)24-13(21)17(14(22)25-16(4,5)6)11-10(12(20)23-7)18-8-9-19-11/h8-9H,1-7H3. The van der Waals surface area contributed by atoms with E-state index in [1.807, 2.05) is 0 Å². The molecule has 0 radical (unpaired) electrons. The van der Waals surface area contributed by atoms with Crippen molar-refractivity contribution >= 4 is 34.6 Å². The molecule has 0 fully saturated rings. The molecule has 8 nitrogen and oxygen atoms in total. The number of carbonyl (C=O) groups is 3. The van der Waals surface area contributed by atoms with Gasteiger partial charge in [0.25, 0.3) is 0 Å². The first-order chi connectivity index (χ1) is 11.4. The van der Waals surface area contributed by atoms with Crippen molar-refractivity contribution in [1.29, 1.82) is 0 Å². The van der Waals surface area contributed by atoms with Crippen molar-refractivity contribution in [3.05, 3.63) is 18.1 Å². The summed E-state index contributed by atoms with van der Waals surface area (Å²) in [4.78, 5) is 45.3. The summed E-state index contributed by atoms with van der Waals surface area (Å²) in [5.41, 5.74) is -1.79. The first kappa shape index (κ1) is 21.1. The van der Waals surface area contributed by atoms with Crippen LogP contribution in [0.25, 0.3) is 0 Å². The number of hydrogen-bond acceptors (Lipinski definition) is 8. The van der Waals surface area contributed by atoms with Crippen LogP contribution < -0.4 is 4.48 Å². The molecule has 0 aliphatic rings. The van der Waals surface area contributed by atoms with E-state index in [1.165, 1.54) is 19.5 Å². The first-order valence-corrected chi connectivity index (χ1v) is 10.3. The first-order valence-electron chi connectivity index (χ1n) is 7.51. The fraction of sp³-hybridized carbons (Fsp3) is 0.562. The van der Waals surface area contributed by atoms with Gasteiger partial charge in [-0.3, -0.25) is 0 Å². The van der Waals surface area contributed by atoms with E-state index in [9.17, 15) is 14.4 Å². The van der Waals surface area contributed by atoms with Crippen LogP contribution in [-0.2, 0) is 14.2 Å². The second-order valence-corrected chi connectivity index (χ2v) is 10.8. The molecule has 0 aliphatic carbocycles. The quantitative estimate of drug-likeness (QED) is 0.419. The van der Waals surface area contributed by atoms with E-state index in [0.717, 1.165) is 0 Å². The third-order valence-corrected chi connectivity index (χ3v) is 5.91. The Morgan fingerprint density at radius 3 is 1.72 bits per heavy atom. The van der Waals surface area contributed by atoms with Crippen LogP contribution in [0.2, 0.25) is 0 Å². The molecule has 0 aliphatic heterocycles. The number of hydrogen-bond donors (Lipinski definition) is 0. The Kier molecular flexibility index (Phi) is 6.71. The van der Waals surface area contributed by atoms with Gasteiger partial charge in [0.05, 0.1) is 0 Å². The molecule has 0 N–H and O–H groups in total. The summed E-state index contributed by atoms with van der Waals surface area (Å²) in [6.07, 6.45) is 2.59. The number of methoxy groups -OCH3 is 1. The van der Waals surface area contributed by atoms with Gasteiger partial charge in [0.2, 0.25) is 0 Å². The Balaban J connectivity index is 3.40. The van der Waals surface area contributed by atoms with Gasteiger partial charge in [0, 0.05) is 0 Å². The van der Waals surface area contributed by atoms with Gasteiger partial charge in [-0.1, -0.05) is 0 Å². The van der Waals surface area contributed by atoms with Gasteiger partial charge < -0.3 is 0 Å². The van der Waals surface area contributed by atoms with Gasteiger partial charge in [0.1, 0.15) is 0 Å². The Morgan fingerprint density at radius 2 is 1.32 bits per heavy atom. The average molecular weight is 414 g/mol. The van der Waals surface area contributed by atoms with Crippen LogP contribution in [0.5, 0.6) is 0 Å². The molecule has 25 heavy (non-hydrogen) atoms. The van der Waals surface area contributed by atoms with E-state index < -0.39 is 41.3 Å². The van der Waals surface area contributed by atoms with Crippen molar-refractivity contribution in [2.24, 2.45) is 0 Å². The second kappa shape index (κ2) is 7.95. The maximum absolute atomic E-state index is 12.7. The summed E-state index contributed by atoms with van der Waals surface area (Å²) in [5, 5.41) is 0. The second-order valence-electron chi connectivity index (χ2n) is 7.02. The molecule has 0 saturated carbocycles. The summed E-state index contributed by atoms with van der Waals surface area (Å²) in [7, 11) is 1.18. The molecule has 0 spiro atoms. The molecule has 9 heteroatoms. The maximum atomic E-state index is 12.7. The van der Waals surface area contributed by atoms with Crippen molar-refractivity contribution in [2.45, 2.75) is 52.7 Å². The van der Waals surface area contributed by atoms with E-state index in [1.54, 1.807) is 41.5 Å². The molecule has 1 rings (SSSR count).